The van der Waals surface area contributed by atoms with Gasteiger partial charge in [-0.1, -0.05) is 28.1 Å². The van der Waals surface area contributed by atoms with Crippen LogP contribution in [0.1, 0.15) is 0 Å². The molecule has 1 heterocycles. The zero-order valence-electron chi connectivity index (χ0n) is 11.0. The molecule has 0 radical (unpaired) electrons. The Morgan fingerprint density at radius 3 is 1.75 bits per heavy atom. The van der Waals surface area contributed by atoms with Gasteiger partial charge in [0.15, 0.2) is 0 Å². The second-order valence-corrected chi connectivity index (χ2v) is 5.31. The van der Waals surface area contributed by atoms with E-state index in [0.717, 1.165) is 32.9 Å². The van der Waals surface area contributed by atoms with E-state index < -0.39 is 0 Å². The van der Waals surface area contributed by atoms with Crippen molar-refractivity contribution in [3.05, 3.63) is 65.1 Å². The summed E-state index contributed by atoms with van der Waals surface area (Å²) in [5, 5.41) is 0. The highest BCUT2D eigenvalue weighted by Gasteiger charge is 2.06. The summed E-state index contributed by atoms with van der Waals surface area (Å²) in [6.45, 7) is 0. The van der Waals surface area contributed by atoms with Gasteiger partial charge < -0.3 is 9.15 Å². The average Bonchev–Trinajstić information content (AvgIpc) is 2.98. The van der Waals surface area contributed by atoms with Gasteiger partial charge in [0.1, 0.15) is 17.3 Å². The van der Waals surface area contributed by atoms with Crippen LogP contribution in [0.15, 0.2) is 69.6 Å². The van der Waals surface area contributed by atoms with Crippen molar-refractivity contribution in [2.75, 3.05) is 7.11 Å². The number of hydrogen-bond acceptors (Lipinski definition) is 2. The molecule has 0 aliphatic carbocycles. The van der Waals surface area contributed by atoms with Crippen LogP contribution in [0, 0.1) is 0 Å². The summed E-state index contributed by atoms with van der Waals surface area (Å²) in [5.74, 6) is 2.56. The number of hydrogen-bond donors (Lipinski definition) is 0. The molecule has 2 aromatic carbocycles. The van der Waals surface area contributed by atoms with Crippen LogP contribution in [-0.2, 0) is 0 Å². The summed E-state index contributed by atoms with van der Waals surface area (Å²) >= 11 is 3.43. The zero-order valence-corrected chi connectivity index (χ0v) is 12.6. The first kappa shape index (κ1) is 13.0. The molecule has 20 heavy (non-hydrogen) atoms. The van der Waals surface area contributed by atoms with Crippen LogP contribution >= 0.6 is 15.9 Å². The minimum atomic E-state index is 0.841. The van der Waals surface area contributed by atoms with Crippen LogP contribution in [0.3, 0.4) is 0 Å². The van der Waals surface area contributed by atoms with Crippen LogP contribution in [0.5, 0.6) is 5.75 Å². The van der Waals surface area contributed by atoms with E-state index in [4.69, 9.17) is 9.15 Å². The van der Waals surface area contributed by atoms with E-state index in [1.807, 2.05) is 60.7 Å². The Balaban J connectivity index is 1.91. The van der Waals surface area contributed by atoms with Gasteiger partial charge in [0, 0.05) is 15.6 Å². The van der Waals surface area contributed by atoms with Crippen molar-refractivity contribution < 1.29 is 9.15 Å². The Morgan fingerprint density at radius 1 is 0.750 bits per heavy atom. The van der Waals surface area contributed by atoms with Crippen LogP contribution in [0.4, 0.5) is 0 Å². The van der Waals surface area contributed by atoms with Gasteiger partial charge >= 0.3 is 0 Å². The molecule has 1 aromatic heterocycles. The van der Waals surface area contributed by atoms with Crippen LogP contribution in [0.25, 0.3) is 22.6 Å². The molecule has 0 atom stereocenters. The van der Waals surface area contributed by atoms with E-state index in [1.165, 1.54) is 0 Å². The van der Waals surface area contributed by atoms with Gasteiger partial charge in [0.2, 0.25) is 0 Å². The lowest BCUT2D eigenvalue weighted by atomic mass is 10.1. The maximum absolute atomic E-state index is 5.91. The number of ether oxygens (including phenoxy) is 1. The molecule has 3 aromatic rings. The summed E-state index contributed by atoms with van der Waals surface area (Å²) in [6, 6.07) is 19.9. The number of halogens is 1. The molecule has 0 aliphatic rings. The second-order valence-electron chi connectivity index (χ2n) is 4.40. The Morgan fingerprint density at radius 2 is 1.25 bits per heavy atom. The SMILES string of the molecule is COc1ccc(-c2ccc(-c3ccc(Br)cc3)o2)cc1. The molecule has 0 bridgehead atoms. The minimum absolute atomic E-state index is 0.841. The minimum Gasteiger partial charge on any atom is -0.497 e. The highest BCUT2D eigenvalue weighted by atomic mass is 79.9. The highest BCUT2D eigenvalue weighted by molar-refractivity contribution is 9.10. The van der Waals surface area contributed by atoms with Crippen molar-refractivity contribution in [3.63, 3.8) is 0 Å². The quantitative estimate of drug-likeness (QED) is 0.643. The van der Waals surface area contributed by atoms with E-state index in [0.29, 0.717) is 0 Å². The fraction of sp³-hybridized carbons (Fsp3) is 0.0588. The van der Waals surface area contributed by atoms with Crippen LogP contribution in [-0.4, -0.2) is 7.11 Å². The van der Waals surface area contributed by atoms with Crippen molar-refractivity contribution in [1.82, 2.24) is 0 Å². The zero-order chi connectivity index (χ0) is 13.9. The normalized spacial score (nSPS) is 10.5. The van der Waals surface area contributed by atoms with Crippen molar-refractivity contribution in [2.24, 2.45) is 0 Å². The van der Waals surface area contributed by atoms with Crippen molar-refractivity contribution in [3.8, 4) is 28.4 Å². The summed E-state index contributed by atoms with van der Waals surface area (Å²) in [6.07, 6.45) is 0. The smallest absolute Gasteiger partial charge is 0.134 e. The van der Waals surface area contributed by atoms with Crippen LogP contribution in [0.2, 0.25) is 0 Å². The molecular formula is C17H13BrO2. The van der Waals surface area contributed by atoms with Gasteiger partial charge in [0.25, 0.3) is 0 Å². The maximum atomic E-state index is 5.91. The van der Waals surface area contributed by atoms with Crippen molar-refractivity contribution in [2.45, 2.75) is 0 Å². The van der Waals surface area contributed by atoms with Crippen molar-refractivity contribution in [1.29, 1.82) is 0 Å². The summed E-state index contributed by atoms with van der Waals surface area (Å²) < 4.78 is 12.1. The number of rotatable bonds is 3. The Kier molecular flexibility index (Phi) is 3.61. The molecule has 0 aliphatic heterocycles. The molecule has 100 valence electrons. The fourth-order valence-corrected chi connectivity index (χ4v) is 2.28. The maximum Gasteiger partial charge on any atom is 0.134 e. The standard InChI is InChI=1S/C17H13BrO2/c1-19-15-8-4-13(5-9-15)17-11-10-16(20-17)12-2-6-14(18)7-3-12/h2-11H,1H3. The average molecular weight is 329 g/mol. The van der Waals surface area contributed by atoms with Crippen LogP contribution < -0.4 is 4.74 Å². The van der Waals surface area contributed by atoms with Crippen molar-refractivity contribution >= 4 is 15.9 Å². The van der Waals surface area contributed by atoms with E-state index in [9.17, 15) is 0 Å². The summed E-state index contributed by atoms with van der Waals surface area (Å²) in [5.41, 5.74) is 2.10. The largest absolute Gasteiger partial charge is 0.497 e. The summed E-state index contributed by atoms with van der Waals surface area (Å²) in [7, 11) is 1.66. The number of benzene rings is 2. The van der Waals surface area contributed by atoms with Gasteiger partial charge in [-0.2, -0.15) is 0 Å². The Labute approximate surface area is 126 Å². The van der Waals surface area contributed by atoms with E-state index in [1.54, 1.807) is 7.11 Å². The lowest BCUT2D eigenvalue weighted by Crippen LogP contribution is -1.81. The molecule has 2 nitrogen and oxygen atoms in total. The molecule has 0 fully saturated rings. The first-order chi connectivity index (χ1) is 9.76. The molecule has 0 spiro atoms. The molecule has 0 unspecified atom stereocenters. The second kappa shape index (κ2) is 5.55. The monoisotopic (exact) mass is 328 g/mol. The number of furan rings is 1. The van der Waals surface area contributed by atoms with Gasteiger partial charge in [-0.25, -0.2) is 0 Å². The first-order valence-corrected chi connectivity index (χ1v) is 7.06. The molecule has 0 saturated carbocycles. The first-order valence-electron chi connectivity index (χ1n) is 6.26. The Bertz CT molecular complexity index is 697. The van der Waals surface area contributed by atoms with Gasteiger partial charge in [-0.05, 0) is 48.5 Å². The molecule has 0 amide bonds. The fourth-order valence-electron chi connectivity index (χ4n) is 2.02. The lowest BCUT2D eigenvalue weighted by molar-refractivity contribution is 0.415. The molecule has 3 heteroatoms. The Hall–Kier alpha value is -2.00. The van der Waals surface area contributed by atoms with Gasteiger partial charge in [-0.3, -0.25) is 0 Å². The third-order valence-electron chi connectivity index (χ3n) is 3.11. The molecule has 3 rings (SSSR count). The topological polar surface area (TPSA) is 22.4 Å². The molecular weight excluding hydrogens is 316 g/mol. The molecule has 0 saturated heterocycles. The van der Waals surface area contributed by atoms with Gasteiger partial charge in [0.05, 0.1) is 7.11 Å². The lowest BCUT2D eigenvalue weighted by Gasteiger charge is -2.01. The van der Waals surface area contributed by atoms with E-state index >= 15 is 0 Å². The van der Waals surface area contributed by atoms with E-state index in [2.05, 4.69) is 15.9 Å². The predicted octanol–water partition coefficient (Wildman–Crippen LogP) is 5.38. The van der Waals surface area contributed by atoms with Gasteiger partial charge in [-0.15, -0.1) is 0 Å². The van der Waals surface area contributed by atoms with E-state index in [-0.39, 0.29) is 0 Å². The summed E-state index contributed by atoms with van der Waals surface area (Å²) in [4.78, 5) is 0. The molecule has 0 N–H and O–H groups in total. The third kappa shape index (κ3) is 2.63. The highest BCUT2D eigenvalue weighted by Crippen LogP contribution is 2.30. The number of methoxy groups -OCH3 is 1. The predicted molar refractivity (Wildman–Crippen MR) is 83.8 cm³/mol. The third-order valence-corrected chi connectivity index (χ3v) is 3.64.